The van der Waals surface area contributed by atoms with E-state index in [4.69, 9.17) is 0 Å². The highest BCUT2D eigenvalue weighted by atomic mass is 32.1. The molecule has 0 atom stereocenters. The monoisotopic (exact) mass is 448 g/mol. The van der Waals surface area contributed by atoms with Crippen molar-refractivity contribution in [2.45, 2.75) is 32.6 Å². The number of benzene rings is 2. The zero-order valence-electron chi connectivity index (χ0n) is 18.3. The van der Waals surface area contributed by atoms with Crippen LogP contribution in [-0.2, 0) is 21.4 Å². The maximum absolute atomic E-state index is 13.3. The first kappa shape index (κ1) is 22.0. The third-order valence-electron chi connectivity index (χ3n) is 5.49. The molecule has 0 saturated carbocycles. The normalized spacial score (nSPS) is 14.4. The standard InChI is InChI=1S/C26H25FN2O2S/c1-26(2,3)18-8-12-20(13-9-18)28-23-22(21-5-4-16-32-21)24(30)29(25(23)31)15-14-17-6-10-19(27)11-7-17/h4-13,16,28H,14-15H2,1-3H3. The number of anilines is 1. The Labute approximate surface area is 191 Å². The van der Waals surface area contributed by atoms with Gasteiger partial charge in [-0.2, -0.15) is 0 Å². The number of hydrogen-bond donors (Lipinski definition) is 1. The number of nitrogens with one attached hydrogen (secondary N) is 1. The summed E-state index contributed by atoms with van der Waals surface area (Å²) in [5, 5.41) is 5.08. The van der Waals surface area contributed by atoms with Crippen LogP contribution in [0.5, 0.6) is 0 Å². The van der Waals surface area contributed by atoms with E-state index < -0.39 is 0 Å². The van der Waals surface area contributed by atoms with Gasteiger partial charge < -0.3 is 5.32 Å². The SMILES string of the molecule is CC(C)(C)c1ccc(NC2=C(c3cccs3)C(=O)N(CCc3ccc(F)cc3)C2=O)cc1. The van der Waals surface area contributed by atoms with Gasteiger partial charge in [-0.05, 0) is 58.7 Å². The van der Waals surface area contributed by atoms with Gasteiger partial charge in [0.1, 0.15) is 11.5 Å². The molecule has 0 spiro atoms. The van der Waals surface area contributed by atoms with Gasteiger partial charge in [-0.1, -0.05) is 51.1 Å². The van der Waals surface area contributed by atoms with Crippen LogP contribution in [0.4, 0.5) is 10.1 Å². The minimum atomic E-state index is -0.347. The number of carbonyl (C=O) groups excluding carboxylic acids is 2. The molecule has 2 amide bonds. The number of nitrogens with zero attached hydrogens (tertiary/aromatic N) is 1. The third-order valence-corrected chi connectivity index (χ3v) is 6.38. The Bertz CT molecular complexity index is 1160. The first-order chi connectivity index (χ1) is 15.2. The maximum Gasteiger partial charge on any atom is 0.278 e. The number of thiophene rings is 1. The second-order valence-electron chi connectivity index (χ2n) is 8.82. The first-order valence-corrected chi connectivity index (χ1v) is 11.4. The Morgan fingerprint density at radius 3 is 2.22 bits per heavy atom. The Balaban J connectivity index is 1.59. The molecule has 164 valence electrons. The van der Waals surface area contributed by atoms with Crippen molar-refractivity contribution in [3.05, 3.63) is 93.6 Å². The molecule has 0 fully saturated rings. The lowest BCUT2D eigenvalue weighted by Crippen LogP contribution is -2.34. The highest BCUT2D eigenvalue weighted by Crippen LogP contribution is 2.33. The summed E-state index contributed by atoms with van der Waals surface area (Å²) < 4.78 is 13.2. The second-order valence-corrected chi connectivity index (χ2v) is 9.77. The number of hydrogen-bond acceptors (Lipinski definition) is 4. The van der Waals surface area contributed by atoms with Crippen molar-refractivity contribution in [2.24, 2.45) is 0 Å². The molecule has 0 aliphatic carbocycles. The summed E-state index contributed by atoms with van der Waals surface area (Å²) in [5.41, 5.74) is 3.51. The molecule has 1 N–H and O–H groups in total. The summed E-state index contributed by atoms with van der Waals surface area (Å²) in [6.45, 7) is 6.66. The van der Waals surface area contributed by atoms with E-state index in [1.807, 2.05) is 41.8 Å². The van der Waals surface area contributed by atoms with Crippen molar-refractivity contribution < 1.29 is 14.0 Å². The fourth-order valence-electron chi connectivity index (χ4n) is 3.63. The van der Waals surface area contributed by atoms with Crippen molar-refractivity contribution >= 4 is 34.4 Å². The van der Waals surface area contributed by atoms with Gasteiger partial charge in [0, 0.05) is 17.1 Å². The molecule has 2 aromatic carbocycles. The van der Waals surface area contributed by atoms with Crippen LogP contribution in [0.3, 0.4) is 0 Å². The van der Waals surface area contributed by atoms with Crippen LogP contribution < -0.4 is 5.32 Å². The summed E-state index contributed by atoms with van der Waals surface area (Å²) in [6.07, 6.45) is 0.461. The van der Waals surface area contributed by atoms with Crippen LogP contribution in [0.2, 0.25) is 0 Å². The summed E-state index contributed by atoms with van der Waals surface area (Å²) >= 11 is 1.42. The van der Waals surface area contributed by atoms with Crippen LogP contribution in [0.25, 0.3) is 5.57 Å². The van der Waals surface area contributed by atoms with Gasteiger partial charge in [-0.25, -0.2) is 4.39 Å². The van der Waals surface area contributed by atoms with Gasteiger partial charge in [0.25, 0.3) is 11.8 Å². The molecule has 0 bridgehead atoms. The number of imide groups is 1. The Morgan fingerprint density at radius 2 is 1.62 bits per heavy atom. The quantitative estimate of drug-likeness (QED) is 0.498. The van der Waals surface area contributed by atoms with Crippen molar-refractivity contribution in [3.8, 4) is 0 Å². The zero-order chi connectivity index (χ0) is 22.9. The molecule has 0 unspecified atom stereocenters. The zero-order valence-corrected chi connectivity index (χ0v) is 19.1. The summed E-state index contributed by atoms with van der Waals surface area (Å²) in [6, 6.07) is 17.7. The smallest absolute Gasteiger partial charge is 0.278 e. The lowest BCUT2D eigenvalue weighted by Gasteiger charge is -2.19. The van der Waals surface area contributed by atoms with Crippen LogP contribution in [0.15, 0.2) is 71.7 Å². The predicted molar refractivity (Wildman–Crippen MR) is 127 cm³/mol. The highest BCUT2D eigenvalue weighted by molar-refractivity contribution is 7.11. The van der Waals surface area contributed by atoms with Gasteiger partial charge in [0.05, 0.1) is 5.57 Å². The molecule has 0 radical (unpaired) electrons. The van der Waals surface area contributed by atoms with E-state index in [1.165, 1.54) is 33.9 Å². The minimum Gasteiger partial charge on any atom is -0.350 e. The number of rotatable bonds is 6. The van der Waals surface area contributed by atoms with Gasteiger partial charge in [0.15, 0.2) is 0 Å². The van der Waals surface area contributed by atoms with E-state index in [0.717, 1.165) is 16.1 Å². The summed E-state index contributed by atoms with van der Waals surface area (Å²) in [4.78, 5) is 28.5. The van der Waals surface area contributed by atoms with Crippen LogP contribution in [0, 0.1) is 5.82 Å². The van der Waals surface area contributed by atoms with Crippen molar-refractivity contribution in [2.75, 3.05) is 11.9 Å². The fraction of sp³-hybridized carbons (Fsp3) is 0.231. The molecule has 1 aromatic heterocycles. The molecule has 1 aliphatic rings. The van der Waals surface area contributed by atoms with Gasteiger partial charge in [0.2, 0.25) is 0 Å². The number of amides is 2. The lowest BCUT2D eigenvalue weighted by molar-refractivity contribution is -0.136. The van der Waals surface area contributed by atoms with E-state index in [0.29, 0.717) is 17.7 Å². The van der Waals surface area contributed by atoms with Crippen molar-refractivity contribution in [1.82, 2.24) is 4.90 Å². The number of carbonyl (C=O) groups is 2. The topological polar surface area (TPSA) is 49.4 Å². The van der Waals surface area contributed by atoms with Gasteiger partial charge in [-0.15, -0.1) is 11.3 Å². The first-order valence-electron chi connectivity index (χ1n) is 10.5. The van der Waals surface area contributed by atoms with Crippen LogP contribution in [0.1, 0.15) is 36.8 Å². The van der Waals surface area contributed by atoms with E-state index in [1.54, 1.807) is 12.1 Å². The van der Waals surface area contributed by atoms with E-state index in [2.05, 4.69) is 26.1 Å². The molecule has 0 saturated heterocycles. The minimum absolute atomic E-state index is 0.0240. The predicted octanol–water partition coefficient (Wildman–Crippen LogP) is 5.62. The van der Waals surface area contributed by atoms with Crippen LogP contribution in [-0.4, -0.2) is 23.3 Å². The van der Waals surface area contributed by atoms with E-state index in [9.17, 15) is 14.0 Å². The Kier molecular flexibility index (Phi) is 5.98. The van der Waals surface area contributed by atoms with Crippen molar-refractivity contribution in [3.63, 3.8) is 0 Å². The average molecular weight is 449 g/mol. The van der Waals surface area contributed by atoms with E-state index in [-0.39, 0.29) is 29.6 Å². The molecule has 2 heterocycles. The molecule has 6 heteroatoms. The third kappa shape index (κ3) is 4.50. The van der Waals surface area contributed by atoms with Crippen LogP contribution >= 0.6 is 11.3 Å². The van der Waals surface area contributed by atoms with Gasteiger partial charge >= 0.3 is 0 Å². The molecule has 4 rings (SSSR count). The summed E-state index contributed by atoms with van der Waals surface area (Å²) in [5.74, 6) is -0.971. The highest BCUT2D eigenvalue weighted by Gasteiger charge is 2.39. The Morgan fingerprint density at radius 1 is 0.938 bits per heavy atom. The summed E-state index contributed by atoms with van der Waals surface area (Å²) in [7, 11) is 0. The second kappa shape index (κ2) is 8.71. The average Bonchev–Trinajstić information content (AvgIpc) is 3.35. The molecule has 1 aliphatic heterocycles. The largest absolute Gasteiger partial charge is 0.350 e. The Hall–Kier alpha value is -3.25. The molecular weight excluding hydrogens is 423 g/mol. The lowest BCUT2D eigenvalue weighted by atomic mass is 9.87. The fourth-order valence-corrected chi connectivity index (χ4v) is 4.40. The van der Waals surface area contributed by atoms with Gasteiger partial charge in [-0.3, -0.25) is 14.5 Å². The maximum atomic E-state index is 13.3. The molecule has 32 heavy (non-hydrogen) atoms. The molecule has 4 nitrogen and oxygen atoms in total. The molecular formula is C26H25FN2O2S. The molecule has 3 aromatic rings. The van der Waals surface area contributed by atoms with Crippen molar-refractivity contribution in [1.29, 1.82) is 0 Å². The number of halogens is 1. The van der Waals surface area contributed by atoms with E-state index >= 15 is 0 Å².